The van der Waals surface area contributed by atoms with E-state index in [9.17, 15) is 0 Å². The van der Waals surface area contributed by atoms with E-state index in [0.717, 1.165) is 0 Å². The molecule has 10 nitrogen and oxygen atoms in total. The maximum atomic E-state index is 5.42. The van der Waals surface area contributed by atoms with Crippen molar-refractivity contribution in [2.45, 2.75) is 11.6 Å². The van der Waals surface area contributed by atoms with Crippen molar-refractivity contribution in [1.82, 2.24) is 20.6 Å². The van der Waals surface area contributed by atoms with E-state index in [0.29, 0.717) is 0 Å². The maximum absolute atomic E-state index is 5.42. The Morgan fingerprint density at radius 1 is 0.600 bits per heavy atom. The van der Waals surface area contributed by atoms with Crippen LogP contribution in [0.4, 0.5) is 0 Å². The normalized spacial score (nSPS) is 18.6. The molecule has 0 saturated carbocycles. The number of ether oxygens (including phenoxy) is 4. The Bertz CT molecular complexity index is 520. The molecule has 0 bridgehead atoms. The molecule has 0 N–H and O–H groups in total. The van der Waals surface area contributed by atoms with Gasteiger partial charge in [0.15, 0.2) is 22.8 Å². The number of hydrogen-bond acceptors (Lipinski definition) is 10. The van der Waals surface area contributed by atoms with Gasteiger partial charge in [-0.3, -0.25) is 0 Å². The molecule has 0 unspecified atom stereocenters. The summed E-state index contributed by atoms with van der Waals surface area (Å²) in [6.45, 7) is 0. The van der Waals surface area contributed by atoms with Crippen LogP contribution in [-0.2, 0) is 30.5 Å². The van der Waals surface area contributed by atoms with Crippen molar-refractivity contribution >= 4 is 0 Å². The lowest BCUT2D eigenvalue weighted by Crippen LogP contribution is -2.47. The zero-order chi connectivity index (χ0) is 14.4. The molecule has 3 rings (SSSR count). The standard InChI is InChI=1S/C10H12N4O6/c1-15-9(16-2)5-7(13-19-11-5)10(17-3,18-4)8-6(9)12-20-14-8/h1-4H3. The van der Waals surface area contributed by atoms with Gasteiger partial charge >= 0.3 is 0 Å². The van der Waals surface area contributed by atoms with Gasteiger partial charge in [-0.1, -0.05) is 0 Å². The Morgan fingerprint density at radius 2 is 0.850 bits per heavy atom. The van der Waals surface area contributed by atoms with Gasteiger partial charge in [-0.05, 0) is 20.6 Å². The molecule has 0 spiro atoms. The van der Waals surface area contributed by atoms with Gasteiger partial charge in [0.25, 0.3) is 11.6 Å². The predicted molar refractivity (Wildman–Crippen MR) is 58.2 cm³/mol. The maximum Gasteiger partial charge on any atom is 0.268 e. The second-order valence-corrected chi connectivity index (χ2v) is 3.97. The summed E-state index contributed by atoms with van der Waals surface area (Å²) in [7, 11) is 5.69. The number of fused-ring (bicyclic) bond motifs is 2. The Kier molecular flexibility index (Phi) is 2.83. The average Bonchev–Trinajstić information content (AvgIpc) is 3.15. The van der Waals surface area contributed by atoms with E-state index in [1.807, 2.05) is 0 Å². The van der Waals surface area contributed by atoms with E-state index in [2.05, 4.69) is 20.6 Å². The zero-order valence-electron chi connectivity index (χ0n) is 11.2. The fourth-order valence-corrected chi connectivity index (χ4v) is 2.41. The van der Waals surface area contributed by atoms with Gasteiger partial charge < -0.3 is 18.9 Å². The molecule has 0 aromatic carbocycles. The summed E-state index contributed by atoms with van der Waals surface area (Å²) in [5.74, 6) is -2.91. The van der Waals surface area contributed by atoms with E-state index in [1.165, 1.54) is 28.4 Å². The van der Waals surface area contributed by atoms with Crippen LogP contribution in [0.25, 0.3) is 0 Å². The third-order valence-corrected chi connectivity index (χ3v) is 3.37. The molecular formula is C10H12N4O6. The van der Waals surface area contributed by atoms with Crippen LogP contribution >= 0.6 is 0 Å². The lowest BCUT2D eigenvalue weighted by molar-refractivity contribution is -0.226. The van der Waals surface area contributed by atoms with Crippen LogP contribution in [0.5, 0.6) is 0 Å². The Hall–Kier alpha value is -1.88. The first-order chi connectivity index (χ1) is 9.70. The lowest BCUT2D eigenvalue weighted by Gasteiger charge is -2.36. The average molecular weight is 284 g/mol. The van der Waals surface area contributed by atoms with E-state index < -0.39 is 11.6 Å². The highest BCUT2D eigenvalue weighted by Gasteiger charge is 2.61. The molecule has 0 saturated heterocycles. The van der Waals surface area contributed by atoms with Gasteiger partial charge in [-0.25, -0.2) is 9.26 Å². The van der Waals surface area contributed by atoms with E-state index >= 15 is 0 Å². The summed E-state index contributed by atoms with van der Waals surface area (Å²) in [5, 5.41) is 15.3. The first-order valence-electron chi connectivity index (χ1n) is 5.57. The molecule has 0 aliphatic heterocycles. The Labute approximate surface area is 112 Å². The summed E-state index contributed by atoms with van der Waals surface area (Å²) in [6.07, 6.45) is 0. The fraction of sp³-hybridized carbons (Fsp3) is 0.600. The highest BCUT2D eigenvalue weighted by molar-refractivity contribution is 5.42. The van der Waals surface area contributed by atoms with Crippen LogP contribution < -0.4 is 0 Å². The highest BCUT2D eigenvalue weighted by Crippen LogP contribution is 2.48. The molecule has 0 fully saturated rings. The molecule has 1 aliphatic rings. The van der Waals surface area contributed by atoms with Crippen LogP contribution in [0.1, 0.15) is 22.8 Å². The molecule has 108 valence electrons. The number of aromatic nitrogens is 4. The van der Waals surface area contributed by atoms with Crippen molar-refractivity contribution in [2.24, 2.45) is 0 Å². The first kappa shape index (κ1) is 13.1. The second-order valence-electron chi connectivity index (χ2n) is 3.97. The van der Waals surface area contributed by atoms with Gasteiger partial charge in [0.1, 0.15) is 0 Å². The van der Waals surface area contributed by atoms with Crippen LogP contribution in [0.2, 0.25) is 0 Å². The van der Waals surface area contributed by atoms with Gasteiger partial charge in [0, 0.05) is 28.4 Å². The first-order valence-corrected chi connectivity index (χ1v) is 5.57. The van der Waals surface area contributed by atoms with Crippen molar-refractivity contribution < 1.29 is 28.2 Å². The molecule has 0 atom stereocenters. The van der Waals surface area contributed by atoms with Crippen LogP contribution in [0, 0.1) is 0 Å². The minimum Gasteiger partial charge on any atom is -0.343 e. The topological polar surface area (TPSA) is 115 Å². The minimum absolute atomic E-state index is 0.217. The number of nitrogens with zero attached hydrogens (tertiary/aromatic N) is 4. The van der Waals surface area contributed by atoms with Crippen LogP contribution in [0.15, 0.2) is 9.26 Å². The summed E-state index contributed by atoms with van der Waals surface area (Å²) >= 11 is 0. The quantitative estimate of drug-likeness (QED) is 0.696. The van der Waals surface area contributed by atoms with Gasteiger partial charge in [0.2, 0.25) is 0 Å². The molecule has 2 aromatic rings. The molecule has 20 heavy (non-hydrogen) atoms. The highest BCUT2D eigenvalue weighted by atomic mass is 16.7. The summed E-state index contributed by atoms with van der Waals surface area (Å²) < 4.78 is 31.2. The van der Waals surface area contributed by atoms with Crippen molar-refractivity contribution in [3.8, 4) is 0 Å². The number of rotatable bonds is 4. The molecule has 2 aromatic heterocycles. The number of hydrogen-bond donors (Lipinski definition) is 0. The summed E-state index contributed by atoms with van der Waals surface area (Å²) in [5.41, 5.74) is 0.868. The van der Waals surface area contributed by atoms with Crippen molar-refractivity contribution in [1.29, 1.82) is 0 Å². The van der Waals surface area contributed by atoms with E-state index in [1.54, 1.807) is 0 Å². The van der Waals surface area contributed by atoms with Crippen LogP contribution in [0.3, 0.4) is 0 Å². The van der Waals surface area contributed by atoms with E-state index in [-0.39, 0.29) is 22.8 Å². The number of methoxy groups -OCH3 is 4. The smallest absolute Gasteiger partial charge is 0.268 e. The third kappa shape index (κ3) is 1.26. The lowest BCUT2D eigenvalue weighted by atomic mass is 9.90. The van der Waals surface area contributed by atoms with Crippen LogP contribution in [-0.4, -0.2) is 49.1 Å². The SMILES string of the molecule is COC1(OC)c2nonc2C(OC)(OC)c2nonc21. The van der Waals surface area contributed by atoms with Gasteiger partial charge in [-0.2, -0.15) is 0 Å². The monoisotopic (exact) mass is 284 g/mol. The van der Waals surface area contributed by atoms with Crippen molar-refractivity contribution in [2.75, 3.05) is 28.4 Å². The summed E-state index contributed by atoms with van der Waals surface area (Å²) in [4.78, 5) is 0. The molecule has 10 heteroatoms. The minimum atomic E-state index is -1.45. The van der Waals surface area contributed by atoms with Gasteiger partial charge in [-0.15, -0.1) is 0 Å². The molecule has 0 radical (unpaired) electrons. The zero-order valence-corrected chi connectivity index (χ0v) is 11.2. The van der Waals surface area contributed by atoms with Crippen molar-refractivity contribution in [3.05, 3.63) is 22.8 Å². The molecule has 2 heterocycles. The van der Waals surface area contributed by atoms with Crippen molar-refractivity contribution in [3.63, 3.8) is 0 Å². The Morgan fingerprint density at radius 3 is 1.05 bits per heavy atom. The fourth-order valence-electron chi connectivity index (χ4n) is 2.41. The Balaban J connectivity index is 2.37. The van der Waals surface area contributed by atoms with Gasteiger partial charge in [0.05, 0.1) is 0 Å². The summed E-state index contributed by atoms with van der Waals surface area (Å²) in [6, 6.07) is 0. The molecule has 0 amide bonds. The predicted octanol–water partition coefficient (Wildman–Crippen LogP) is -0.246. The third-order valence-electron chi connectivity index (χ3n) is 3.37. The largest absolute Gasteiger partial charge is 0.343 e. The second kappa shape index (κ2) is 4.31. The molecular weight excluding hydrogens is 272 g/mol. The van der Waals surface area contributed by atoms with E-state index in [4.69, 9.17) is 28.2 Å². The molecule has 1 aliphatic carbocycles.